The molecule has 0 aromatic heterocycles. The molecule has 0 bridgehead atoms. The second-order valence-electron chi connectivity index (χ2n) is 4.83. The molecule has 0 saturated carbocycles. The number of hydrogen-bond donors (Lipinski definition) is 1. The van der Waals surface area contributed by atoms with Gasteiger partial charge in [0.15, 0.2) is 0 Å². The van der Waals surface area contributed by atoms with Crippen LogP contribution in [0.25, 0.3) is 0 Å². The Balaban J connectivity index is 2.05. The summed E-state index contributed by atoms with van der Waals surface area (Å²) in [7, 11) is 0. The van der Waals surface area contributed by atoms with Crippen molar-refractivity contribution in [2.45, 2.75) is 26.0 Å². The normalized spacial score (nSPS) is 12.2. The summed E-state index contributed by atoms with van der Waals surface area (Å²) in [6.45, 7) is 2.19. The molecule has 106 valence electrons. The molecule has 1 unspecified atom stereocenters. The number of halogens is 2. The van der Waals surface area contributed by atoms with Gasteiger partial charge in [0.1, 0.15) is 18.2 Å². The predicted molar refractivity (Wildman–Crippen MR) is 79.5 cm³/mol. The van der Waals surface area contributed by atoms with E-state index in [1.165, 1.54) is 6.07 Å². The summed E-state index contributed by atoms with van der Waals surface area (Å²) < 4.78 is 19.0. The molecule has 1 atom stereocenters. The Bertz CT molecular complexity index is 586. The van der Waals surface area contributed by atoms with Gasteiger partial charge in [0.05, 0.1) is 5.02 Å². The fourth-order valence-electron chi connectivity index (χ4n) is 1.96. The van der Waals surface area contributed by atoms with Crippen molar-refractivity contribution in [2.24, 2.45) is 5.73 Å². The van der Waals surface area contributed by atoms with E-state index < -0.39 is 5.82 Å². The van der Waals surface area contributed by atoms with Gasteiger partial charge in [-0.15, -0.1) is 0 Å². The third kappa shape index (κ3) is 3.95. The van der Waals surface area contributed by atoms with Crippen LogP contribution >= 0.6 is 11.6 Å². The van der Waals surface area contributed by atoms with Crippen molar-refractivity contribution in [3.05, 3.63) is 64.4 Å². The molecular weight excluding hydrogens is 277 g/mol. The fourth-order valence-corrected chi connectivity index (χ4v) is 2.14. The van der Waals surface area contributed by atoms with Crippen LogP contribution in [0.5, 0.6) is 5.75 Å². The highest BCUT2D eigenvalue weighted by molar-refractivity contribution is 6.31. The van der Waals surface area contributed by atoms with Crippen molar-refractivity contribution in [2.75, 3.05) is 0 Å². The van der Waals surface area contributed by atoms with Gasteiger partial charge in [0.25, 0.3) is 0 Å². The maximum absolute atomic E-state index is 13.3. The monoisotopic (exact) mass is 293 g/mol. The molecule has 0 aliphatic rings. The SMILES string of the molecule is CC(N)Cc1cccc(OCc2cccc(F)c2Cl)c1. The van der Waals surface area contributed by atoms with Crippen LogP contribution < -0.4 is 10.5 Å². The molecule has 2 aromatic carbocycles. The van der Waals surface area contributed by atoms with Crippen molar-refractivity contribution in [3.8, 4) is 5.75 Å². The number of ether oxygens (including phenoxy) is 1. The van der Waals surface area contributed by atoms with Crippen molar-refractivity contribution in [3.63, 3.8) is 0 Å². The van der Waals surface area contributed by atoms with E-state index in [4.69, 9.17) is 22.1 Å². The lowest BCUT2D eigenvalue weighted by atomic mass is 10.1. The lowest BCUT2D eigenvalue weighted by Crippen LogP contribution is -2.17. The zero-order valence-corrected chi connectivity index (χ0v) is 12.0. The zero-order chi connectivity index (χ0) is 14.5. The lowest BCUT2D eigenvalue weighted by molar-refractivity contribution is 0.305. The fraction of sp³-hybridized carbons (Fsp3) is 0.250. The maximum atomic E-state index is 13.3. The number of hydrogen-bond acceptors (Lipinski definition) is 2. The van der Waals surface area contributed by atoms with Crippen molar-refractivity contribution < 1.29 is 9.13 Å². The van der Waals surface area contributed by atoms with Gasteiger partial charge in [0, 0.05) is 11.6 Å². The highest BCUT2D eigenvalue weighted by atomic mass is 35.5. The summed E-state index contributed by atoms with van der Waals surface area (Å²) >= 11 is 5.89. The minimum atomic E-state index is -0.432. The van der Waals surface area contributed by atoms with Crippen molar-refractivity contribution in [1.29, 1.82) is 0 Å². The molecule has 4 heteroatoms. The van der Waals surface area contributed by atoms with Crippen molar-refractivity contribution in [1.82, 2.24) is 0 Å². The summed E-state index contributed by atoms with van der Waals surface area (Å²) in [5.74, 6) is 0.293. The molecule has 0 amide bonds. The lowest BCUT2D eigenvalue weighted by Gasteiger charge is -2.10. The van der Waals surface area contributed by atoms with Crippen LogP contribution in [0.4, 0.5) is 4.39 Å². The van der Waals surface area contributed by atoms with Crippen LogP contribution in [0.3, 0.4) is 0 Å². The van der Waals surface area contributed by atoms with Crippen LogP contribution in [0.15, 0.2) is 42.5 Å². The first kappa shape index (κ1) is 14.8. The molecule has 0 spiro atoms. The largest absolute Gasteiger partial charge is 0.489 e. The second kappa shape index (κ2) is 6.73. The molecular formula is C16H17ClFNO. The van der Waals surface area contributed by atoms with Gasteiger partial charge in [-0.25, -0.2) is 4.39 Å². The van der Waals surface area contributed by atoms with Crippen LogP contribution in [-0.4, -0.2) is 6.04 Å². The van der Waals surface area contributed by atoms with E-state index in [9.17, 15) is 4.39 Å². The van der Waals surface area contributed by atoms with E-state index in [-0.39, 0.29) is 17.7 Å². The Kier molecular flexibility index (Phi) is 4.99. The Morgan fingerprint density at radius 1 is 1.25 bits per heavy atom. The zero-order valence-electron chi connectivity index (χ0n) is 11.3. The van der Waals surface area contributed by atoms with Gasteiger partial charge in [-0.2, -0.15) is 0 Å². The highest BCUT2D eigenvalue weighted by Crippen LogP contribution is 2.22. The van der Waals surface area contributed by atoms with E-state index in [0.717, 1.165) is 17.7 Å². The van der Waals surface area contributed by atoms with E-state index in [1.807, 2.05) is 31.2 Å². The van der Waals surface area contributed by atoms with Gasteiger partial charge >= 0.3 is 0 Å². The number of nitrogens with two attached hydrogens (primary N) is 1. The smallest absolute Gasteiger partial charge is 0.142 e. The first-order valence-electron chi connectivity index (χ1n) is 6.46. The molecule has 2 N–H and O–H groups in total. The third-order valence-electron chi connectivity index (χ3n) is 2.88. The minimum Gasteiger partial charge on any atom is -0.489 e. The molecule has 0 aliphatic heterocycles. The average molecular weight is 294 g/mol. The van der Waals surface area contributed by atoms with Gasteiger partial charge < -0.3 is 10.5 Å². The third-order valence-corrected chi connectivity index (χ3v) is 3.31. The Morgan fingerprint density at radius 3 is 2.75 bits per heavy atom. The van der Waals surface area contributed by atoms with Gasteiger partial charge in [-0.3, -0.25) is 0 Å². The standard InChI is InChI=1S/C16H17ClFNO/c1-11(19)8-12-4-2-6-14(9-12)20-10-13-5-3-7-15(18)16(13)17/h2-7,9,11H,8,10,19H2,1H3. The first-order valence-corrected chi connectivity index (χ1v) is 6.84. The van der Waals surface area contributed by atoms with Gasteiger partial charge in [-0.05, 0) is 37.1 Å². The van der Waals surface area contributed by atoms with Crippen molar-refractivity contribution >= 4 is 11.6 Å². The van der Waals surface area contributed by atoms with Gasteiger partial charge in [-0.1, -0.05) is 35.9 Å². The molecule has 0 radical (unpaired) electrons. The second-order valence-corrected chi connectivity index (χ2v) is 5.21. The minimum absolute atomic E-state index is 0.0999. The summed E-state index contributed by atoms with van der Waals surface area (Å²) in [4.78, 5) is 0. The van der Waals surface area contributed by atoms with Gasteiger partial charge in [0.2, 0.25) is 0 Å². The Labute approximate surface area is 123 Å². The van der Waals surface area contributed by atoms with Crippen LogP contribution in [-0.2, 0) is 13.0 Å². The summed E-state index contributed by atoms with van der Waals surface area (Å²) in [6.07, 6.45) is 0.790. The molecule has 0 aliphatic carbocycles. The topological polar surface area (TPSA) is 35.2 Å². The van der Waals surface area contributed by atoms with Crippen LogP contribution in [0.1, 0.15) is 18.1 Å². The van der Waals surface area contributed by atoms with Crippen LogP contribution in [0, 0.1) is 5.82 Å². The van der Waals surface area contributed by atoms with E-state index in [2.05, 4.69) is 0 Å². The Hall–Kier alpha value is -1.58. The van der Waals surface area contributed by atoms with E-state index >= 15 is 0 Å². The first-order chi connectivity index (χ1) is 9.56. The average Bonchev–Trinajstić information content (AvgIpc) is 2.40. The Morgan fingerprint density at radius 2 is 2.00 bits per heavy atom. The summed E-state index contributed by atoms with van der Waals surface area (Å²) in [6, 6.07) is 12.5. The molecule has 20 heavy (non-hydrogen) atoms. The number of rotatable bonds is 5. The predicted octanol–water partition coefficient (Wildman–Crippen LogP) is 3.95. The highest BCUT2D eigenvalue weighted by Gasteiger charge is 2.06. The molecule has 2 nitrogen and oxygen atoms in total. The summed E-state index contributed by atoms with van der Waals surface area (Å²) in [5, 5.41) is 0.110. The molecule has 0 saturated heterocycles. The molecule has 0 fully saturated rings. The summed E-state index contributed by atoms with van der Waals surface area (Å²) in [5.41, 5.74) is 7.52. The quantitative estimate of drug-likeness (QED) is 0.906. The molecule has 0 heterocycles. The molecule has 2 aromatic rings. The molecule has 2 rings (SSSR count). The maximum Gasteiger partial charge on any atom is 0.142 e. The van der Waals surface area contributed by atoms with Crippen LogP contribution in [0.2, 0.25) is 5.02 Å². The number of benzene rings is 2. The van der Waals surface area contributed by atoms with E-state index in [1.54, 1.807) is 12.1 Å². The van der Waals surface area contributed by atoms with E-state index in [0.29, 0.717) is 5.56 Å².